The van der Waals surface area contributed by atoms with Crippen LogP contribution in [0.25, 0.3) is 6.08 Å². The topological polar surface area (TPSA) is 75.2 Å². The maximum Gasteiger partial charge on any atom is 0.250 e. The molecular formula is C15H16N4O2S2. The fourth-order valence-corrected chi connectivity index (χ4v) is 3.19. The van der Waals surface area contributed by atoms with Gasteiger partial charge < -0.3 is 4.90 Å². The van der Waals surface area contributed by atoms with Gasteiger partial charge in [-0.2, -0.15) is 0 Å². The zero-order valence-corrected chi connectivity index (χ0v) is 14.4. The smallest absolute Gasteiger partial charge is 0.250 e. The summed E-state index contributed by atoms with van der Waals surface area (Å²) in [5.41, 5.74) is 0.943. The molecule has 1 aromatic carbocycles. The number of benzene rings is 1. The molecule has 6 nitrogen and oxygen atoms in total. The van der Waals surface area contributed by atoms with Crippen molar-refractivity contribution in [2.45, 2.75) is 4.34 Å². The molecule has 1 heterocycles. The second kappa shape index (κ2) is 8.44. The van der Waals surface area contributed by atoms with Gasteiger partial charge in [0.2, 0.25) is 16.9 Å². The van der Waals surface area contributed by atoms with Crippen LogP contribution >= 0.6 is 23.1 Å². The highest BCUT2D eigenvalue weighted by molar-refractivity contribution is 8.01. The van der Waals surface area contributed by atoms with E-state index in [-0.39, 0.29) is 11.8 Å². The molecule has 1 aromatic heterocycles. The Hall–Kier alpha value is -2.19. The number of aromatic nitrogens is 2. The van der Waals surface area contributed by atoms with Gasteiger partial charge in [0.1, 0.15) is 0 Å². The zero-order valence-electron chi connectivity index (χ0n) is 12.7. The molecule has 0 radical (unpaired) electrons. The number of thioether (sulfide) groups is 1. The van der Waals surface area contributed by atoms with Crippen LogP contribution in [0.3, 0.4) is 0 Å². The Kier molecular flexibility index (Phi) is 6.30. The van der Waals surface area contributed by atoms with Crippen LogP contribution in [0.15, 0.2) is 40.7 Å². The molecule has 0 saturated heterocycles. The van der Waals surface area contributed by atoms with E-state index in [0.717, 1.165) is 5.56 Å². The lowest BCUT2D eigenvalue weighted by atomic mass is 10.2. The van der Waals surface area contributed by atoms with E-state index in [1.807, 2.05) is 30.3 Å². The van der Waals surface area contributed by atoms with Crippen LogP contribution in [0.2, 0.25) is 0 Å². The van der Waals surface area contributed by atoms with E-state index < -0.39 is 0 Å². The lowest BCUT2D eigenvalue weighted by Gasteiger charge is -2.07. The quantitative estimate of drug-likeness (QED) is 0.493. The van der Waals surface area contributed by atoms with Crippen LogP contribution in [0, 0.1) is 0 Å². The van der Waals surface area contributed by atoms with Crippen LogP contribution in [-0.4, -0.2) is 46.8 Å². The first-order valence-electron chi connectivity index (χ1n) is 6.75. The summed E-state index contributed by atoms with van der Waals surface area (Å²) in [4.78, 5) is 24.8. The molecule has 0 bridgehead atoms. The van der Waals surface area contributed by atoms with E-state index in [1.165, 1.54) is 34.1 Å². The minimum Gasteiger partial charge on any atom is -0.348 e. The molecule has 2 aromatic rings. The van der Waals surface area contributed by atoms with Gasteiger partial charge in [-0.15, -0.1) is 10.2 Å². The average molecular weight is 348 g/mol. The number of hydrogen-bond acceptors (Lipinski definition) is 6. The summed E-state index contributed by atoms with van der Waals surface area (Å²) < 4.78 is 0.641. The lowest BCUT2D eigenvalue weighted by molar-refractivity contribution is -0.125. The molecule has 8 heteroatoms. The maximum atomic E-state index is 11.8. The third-order valence-corrected chi connectivity index (χ3v) is 4.64. The van der Waals surface area contributed by atoms with E-state index in [9.17, 15) is 9.59 Å². The van der Waals surface area contributed by atoms with Crippen LogP contribution in [0.4, 0.5) is 5.13 Å². The number of carbonyl (C=O) groups excluding carboxylic acids is 2. The number of anilines is 1. The number of hydrogen-bond donors (Lipinski definition) is 1. The van der Waals surface area contributed by atoms with E-state index in [2.05, 4.69) is 15.5 Å². The first-order chi connectivity index (χ1) is 11.0. The highest BCUT2D eigenvalue weighted by atomic mass is 32.2. The van der Waals surface area contributed by atoms with Gasteiger partial charge in [-0.1, -0.05) is 53.4 Å². The summed E-state index contributed by atoms with van der Waals surface area (Å²) in [6.45, 7) is 0. The van der Waals surface area contributed by atoms with Crippen molar-refractivity contribution in [3.8, 4) is 0 Å². The monoisotopic (exact) mass is 348 g/mol. The molecule has 0 aliphatic rings. The Morgan fingerprint density at radius 1 is 1.26 bits per heavy atom. The lowest BCUT2D eigenvalue weighted by Crippen LogP contribution is -2.23. The van der Waals surface area contributed by atoms with Crippen molar-refractivity contribution in [2.75, 3.05) is 25.2 Å². The van der Waals surface area contributed by atoms with Crippen LogP contribution < -0.4 is 5.32 Å². The van der Waals surface area contributed by atoms with E-state index in [0.29, 0.717) is 15.2 Å². The number of nitrogens with zero attached hydrogens (tertiary/aromatic N) is 3. The Balaban J connectivity index is 1.85. The van der Waals surface area contributed by atoms with E-state index in [1.54, 1.807) is 20.2 Å². The molecule has 2 rings (SSSR count). The highest BCUT2D eigenvalue weighted by Gasteiger charge is 2.10. The zero-order chi connectivity index (χ0) is 16.7. The molecule has 0 aliphatic heterocycles. The SMILES string of the molecule is CN(C)C(=O)CSc1nnc(NC(=O)C=Cc2ccccc2)s1. The molecule has 2 amide bonds. The largest absolute Gasteiger partial charge is 0.348 e. The van der Waals surface area contributed by atoms with Gasteiger partial charge in [0.15, 0.2) is 4.34 Å². The second-order valence-corrected chi connectivity index (χ2v) is 6.88. The summed E-state index contributed by atoms with van der Waals surface area (Å²) in [7, 11) is 3.40. The van der Waals surface area contributed by atoms with Gasteiger partial charge in [-0.05, 0) is 11.6 Å². The first kappa shape index (κ1) is 17.2. The normalized spacial score (nSPS) is 10.7. The summed E-state index contributed by atoms with van der Waals surface area (Å²) in [6, 6.07) is 9.54. The highest BCUT2D eigenvalue weighted by Crippen LogP contribution is 2.25. The van der Waals surface area contributed by atoms with Crippen molar-refractivity contribution in [1.82, 2.24) is 15.1 Å². The molecular weight excluding hydrogens is 332 g/mol. The van der Waals surface area contributed by atoms with Crippen molar-refractivity contribution in [1.29, 1.82) is 0 Å². The van der Waals surface area contributed by atoms with Gasteiger partial charge >= 0.3 is 0 Å². The van der Waals surface area contributed by atoms with E-state index in [4.69, 9.17) is 0 Å². The number of carbonyl (C=O) groups is 2. The van der Waals surface area contributed by atoms with Gasteiger partial charge in [0.25, 0.3) is 0 Å². The summed E-state index contributed by atoms with van der Waals surface area (Å²) in [5.74, 6) is 0.0243. The first-order valence-corrected chi connectivity index (χ1v) is 8.55. The van der Waals surface area contributed by atoms with Gasteiger partial charge in [-0.3, -0.25) is 14.9 Å². The average Bonchev–Trinajstić information content (AvgIpc) is 2.99. The minimum absolute atomic E-state index is 0.00146. The van der Waals surface area contributed by atoms with Crippen molar-refractivity contribution in [3.05, 3.63) is 42.0 Å². The molecule has 0 fully saturated rings. The third kappa shape index (κ3) is 5.84. The predicted octanol–water partition coefficient (Wildman–Crippen LogP) is 2.37. The molecule has 0 saturated carbocycles. The van der Waals surface area contributed by atoms with Crippen molar-refractivity contribution in [3.63, 3.8) is 0 Å². The summed E-state index contributed by atoms with van der Waals surface area (Å²) in [6.07, 6.45) is 3.17. The van der Waals surface area contributed by atoms with E-state index >= 15 is 0 Å². The van der Waals surface area contributed by atoms with Crippen molar-refractivity contribution >= 4 is 46.1 Å². The van der Waals surface area contributed by atoms with Crippen LogP contribution in [0.1, 0.15) is 5.56 Å². The fraction of sp³-hybridized carbons (Fsp3) is 0.200. The number of nitrogens with one attached hydrogen (secondary N) is 1. The predicted molar refractivity (Wildman–Crippen MR) is 93.4 cm³/mol. The van der Waals surface area contributed by atoms with Crippen molar-refractivity contribution in [2.24, 2.45) is 0 Å². The Morgan fingerprint density at radius 2 is 2.00 bits per heavy atom. The molecule has 0 unspecified atom stereocenters. The third-order valence-electron chi connectivity index (χ3n) is 2.68. The Labute approximate surface area is 142 Å². The van der Waals surface area contributed by atoms with Crippen LogP contribution in [-0.2, 0) is 9.59 Å². The van der Waals surface area contributed by atoms with Gasteiger partial charge in [0.05, 0.1) is 5.75 Å². The molecule has 1 N–H and O–H groups in total. The van der Waals surface area contributed by atoms with Gasteiger partial charge in [0, 0.05) is 20.2 Å². The molecule has 23 heavy (non-hydrogen) atoms. The van der Waals surface area contributed by atoms with Crippen molar-refractivity contribution < 1.29 is 9.59 Å². The Morgan fingerprint density at radius 3 is 2.70 bits per heavy atom. The second-order valence-electron chi connectivity index (χ2n) is 4.68. The summed E-state index contributed by atoms with van der Waals surface area (Å²) >= 11 is 2.54. The van der Waals surface area contributed by atoms with Gasteiger partial charge in [-0.25, -0.2) is 0 Å². The summed E-state index contributed by atoms with van der Waals surface area (Å²) in [5, 5.41) is 10.9. The standard InChI is InChI=1S/C15H16N4O2S2/c1-19(2)13(21)10-22-15-18-17-14(23-15)16-12(20)9-8-11-6-4-3-5-7-11/h3-9H,10H2,1-2H3,(H,16,17,20). The minimum atomic E-state index is -0.272. The van der Waals surface area contributed by atoms with Crippen LogP contribution in [0.5, 0.6) is 0 Å². The molecule has 120 valence electrons. The molecule has 0 atom stereocenters. The number of rotatable bonds is 6. The molecule has 0 spiro atoms. The Bertz CT molecular complexity index is 699. The molecule has 0 aliphatic carbocycles. The number of amides is 2. The maximum absolute atomic E-state index is 11.8. The fourth-order valence-electron chi connectivity index (χ4n) is 1.45.